The van der Waals surface area contributed by atoms with Crippen molar-refractivity contribution in [2.24, 2.45) is 17.8 Å². The van der Waals surface area contributed by atoms with Crippen molar-refractivity contribution >= 4 is 5.97 Å². The van der Waals surface area contributed by atoms with Gasteiger partial charge in [0.05, 0.1) is 5.92 Å². The highest BCUT2D eigenvalue weighted by Gasteiger charge is 2.46. The van der Waals surface area contributed by atoms with Crippen LogP contribution < -0.4 is 0 Å². The van der Waals surface area contributed by atoms with Gasteiger partial charge in [-0.2, -0.15) is 0 Å². The summed E-state index contributed by atoms with van der Waals surface area (Å²) in [6, 6.07) is 0. The van der Waals surface area contributed by atoms with Gasteiger partial charge in [0.15, 0.2) is 0 Å². The standard InChI is InChI=1S/C10H12O2/c11-10(12)9-6-8(9)7-4-2-1-3-5-7/h1-4,7-9H,5-6H2,(H,11,12)/t7?,8-,9?/m1/s1. The van der Waals surface area contributed by atoms with Crippen LogP contribution in [0.4, 0.5) is 0 Å². The molecule has 1 fully saturated rings. The van der Waals surface area contributed by atoms with Crippen molar-refractivity contribution in [3.63, 3.8) is 0 Å². The first-order valence-electron chi connectivity index (χ1n) is 4.35. The maximum absolute atomic E-state index is 10.6. The maximum Gasteiger partial charge on any atom is 0.306 e. The molecule has 0 amide bonds. The van der Waals surface area contributed by atoms with Crippen molar-refractivity contribution in [3.05, 3.63) is 24.3 Å². The third-order valence-corrected chi connectivity index (χ3v) is 2.72. The molecule has 2 rings (SSSR count). The van der Waals surface area contributed by atoms with E-state index in [9.17, 15) is 4.79 Å². The second-order valence-corrected chi connectivity index (χ2v) is 3.56. The van der Waals surface area contributed by atoms with E-state index in [1.807, 2.05) is 12.2 Å². The molecule has 3 atom stereocenters. The monoisotopic (exact) mass is 164 g/mol. The molecule has 64 valence electrons. The van der Waals surface area contributed by atoms with Crippen LogP contribution >= 0.6 is 0 Å². The van der Waals surface area contributed by atoms with E-state index in [0.717, 1.165) is 12.8 Å². The summed E-state index contributed by atoms with van der Waals surface area (Å²) in [6.07, 6.45) is 10.2. The normalized spacial score (nSPS) is 38.2. The van der Waals surface area contributed by atoms with E-state index in [1.54, 1.807) is 0 Å². The summed E-state index contributed by atoms with van der Waals surface area (Å²) in [7, 11) is 0. The zero-order valence-electron chi connectivity index (χ0n) is 6.81. The Labute approximate surface area is 71.6 Å². The van der Waals surface area contributed by atoms with Gasteiger partial charge in [0, 0.05) is 0 Å². The second-order valence-electron chi connectivity index (χ2n) is 3.56. The molecule has 0 aromatic carbocycles. The molecule has 0 bridgehead atoms. The van der Waals surface area contributed by atoms with Crippen LogP contribution in [0.5, 0.6) is 0 Å². The summed E-state index contributed by atoms with van der Waals surface area (Å²) in [5, 5.41) is 8.71. The second kappa shape index (κ2) is 2.77. The molecule has 0 aromatic heterocycles. The van der Waals surface area contributed by atoms with Crippen LogP contribution in [-0.2, 0) is 4.79 Å². The summed E-state index contributed by atoms with van der Waals surface area (Å²) in [5.74, 6) is 0.203. The van der Waals surface area contributed by atoms with Crippen molar-refractivity contribution in [2.45, 2.75) is 12.8 Å². The molecular weight excluding hydrogens is 152 g/mol. The summed E-state index contributed by atoms with van der Waals surface area (Å²) in [5.41, 5.74) is 0. The zero-order valence-corrected chi connectivity index (χ0v) is 6.81. The van der Waals surface area contributed by atoms with E-state index in [2.05, 4.69) is 12.2 Å². The predicted molar refractivity (Wildman–Crippen MR) is 45.6 cm³/mol. The van der Waals surface area contributed by atoms with Gasteiger partial charge in [-0.1, -0.05) is 24.3 Å². The van der Waals surface area contributed by atoms with E-state index in [-0.39, 0.29) is 5.92 Å². The van der Waals surface area contributed by atoms with E-state index in [1.165, 1.54) is 0 Å². The van der Waals surface area contributed by atoms with Gasteiger partial charge in [0.2, 0.25) is 0 Å². The Hall–Kier alpha value is -1.05. The minimum Gasteiger partial charge on any atom is -0.481 e. The average molecular weight is 164 g/mol. The molecule has 12 heavy (non-hydrogen) atoms. The molecule has 2 nitrogen and oxygen atoms in total. The van der Waals surface area contributed by atoms with E-state index >= 15 is 0 Å². The molecule has 0 saturated heterocycles. The molecule has 0 aromatic rings. The third-order valence-electron chi connectivity index (χ3n) is 2.72. The summed E-state index contributed by atoms with van der Waals surface area (Å²) < 4.78 is 0. The number of allylic oxidation sites excluding steroid dienone is 4. The smallest absolute Gasteiger partial charge is 0.306 e. The number of hydrogen-bond donors (Lipinski definition) is 1. The van der Waals surface area contributed by atoms with E-state index < -0.39 is 5.97 Å². The Morgan fingerprint density at radius 2 is 2.25 bits per heavy atom. The van der Waals surface area contributed by atoms with E-state index in [0.29, 0.717) is 11.8 Å². The molecular formula is C10H12O2. The number of aliphatic carboxylic acids is 1. The summed E-state index contributed by atoms with van der Waals surface area (Å²) in [6.45, 7) is 0. The number of hydrogen-bond acceptors (Lipinski definition) is 1. The summed E-state index contributed by atoms with van der Waals surface area (Å²) >= 11 is 0. The molecule has 1 N–H and O–H groups in total. The number of rotatable bonds is 2. The van der Waals surface area contributed by atoms with Crippen LogP contribution in [0.25, 0.3) is 0 Å². The topological polar surface area (TPSA) is 37.3 Å². The Bertz CT molecular complexity index is 253. The van der Waals surface area contributed by atoms with Crippen molar-refractivity contribution in [1.82, 2.24) is 0 Å². The van der Waals surface area contributed by atoms with Crippen LogP contribution in [0.1, 0.15) is 12.8 Å². The Morgan fingerprint density at radius 3 is 2.75 bits per heavy atom. The lowest BCUT2D eigenvalue weighted by molar-refractivity contribution is -0.138. The van der Waals surface area contributed by atoms with Gasteiger partial charge in [-0.3, -0.25) is 4.79 Å². The lowest BCUT2D eigenvalue weighted by atomic mass is 9.94. The minimum absolute atomic E-state index is 0.0638. The molecule has 1 saturated carbocycles. The van der Waals surface area contributed by atoms with Crippen LogP contribution in [-0.4, -0.2) is 11.1 Å². The van der Waals surface area contributed by atoms with Gasteiger partial charge in [-0.25, -0.2) is 0 Å². The summed E-state index contributed by atoms with van der Waals surface area (Å²) in [4.78, 5) is 10.6. The largest absolute Gasteiger partial charge is 0.481 e. The van der Waals surface area contributed by atoms with Crippen molar-refractivity contribution in [3.8, 4) is 0 Å². The van der Waals surface area contributed by atoms with E-state index in [4.69, 9.17) is 5.11 Å². The first-order chi connectivity index (χ1) is 5.79. The average Bonchev–Trinajstić information content (AvgIpc) is 2.84. The molecule has 0 radical (unpaired) electrons. The fourth-order valence-electron chi connectivity index (χ4n) is 1.89. The van der Waals surface area contributed by atoms with Crippen LogP contribution in [0.15, 0.2) is 24.3 Å². The third kappa shape index (κ3) is 1.29. The van der Waals surface area contributed by atoms with Crippen molar-refractivity contribution < 1.29 is 9.90 Å². The van der Waals surface area contributed by atoms with Crippen molar-refractivity contribution in [1.29, 1.82) is 0 Å². The first kappa shape index (κ1) is 7.59. The van der Waals surface area contributed by atoms with Gasteiger partial charge in [-0.05, 0) is 24.7 Å². The molecule has 0 heterocycles. The van der Waals surface area contributed by atoms with Crippen LogP contribution in [0.2, 0.25) is 0 Å². The number of carboxylic acids is 1. The zero-order chi connectivity index (χ0) is 8.55. The molecule has 0 aliphatic heterocycles. The van der Waals surface area contributed by atoms with Crippen LogP contribution in [0.3, 0.4) is 0 Å². The molecule has 0 spiro atoms. The lowest BCUT2D eigenvalue weighted by Crippen LogP contribution is -2.06. The van der Waals surface area contributed by atoms with Gasteiger partial charge in [-0.15, -0.1) is 0 Å². The highest BCUT2D eigenvalue weighted by Crippen LogP contribution is 2.46. The number of carbonyl (C=O) groups is 1. The molecule has 2 aliphatic carbocycles. The minimum atomic E-state index is -0.622. The fraction of sp³-hybridized carbons (Fsp3) is 0.500. The molecule has 2 heteroatoms. The SMILES string of the molecule is O=C(O)C1C[C@@H]1C1C=CC=CC1. The van der Waals surface area contributed by atoms with Crippen LogP contribution in [0, 0.1) is 17.8 Å². The van der Waals surface area contributed by atoms with Crippen molar-refractivity contribution in [2.75, 3.05) is 0 Å². The predicted octanol–water partition coefficient (Wildman–Crippen LogP) is 1.84. The maximum atomic E-state index is 10.6. The van der Waals surface area contributed by atoms with Gasteiger partial charge >= 0.3 is 5.97 Å². The Morgan fingerprint density at radius 1 is 1.42 bits per heavy atom. The van der Waals surface area contributed by atoms with Gasteiger partial charge < -0.3 is 5.11 Å². The van der Waals surface area contributed by atoms with Gasteiger partial charge in [0.25, 0.3) is 0 Å². The molecule has 2 aliphatic rings. The van der Waals surface area contributed by atoms with Gasteiger partial charge in [0.1, 0.15) is 0 Å². The Kier molecular flexibility index (Phi) is 1.75. The Balaban J connectivity index is 1.93. The number of carboxylic acid groups (broad SMARTS) is 1. The quantitative estimate of drug-likeness (QED) is 0.676. The highest BCUT2D eigenvalue weighted by atomic mass is 16.4. The highest BCUT2D eigenvalue weighted by molar-refractivity contribution is 5.73. The molecule has 2 unspecified atom stereocenters. The first-order valence-corrected chi connectivity index (χ1v) is 4.35. The lowest BCUT2D eigenvalue weighted by Gasteiger charge is -2.10. The fourth-order valence-corrected chi connectivity index (χ4v) is 1.89.